The number of carboxylic acid groups (broad SMARTS) is 1. The number of amides is 2. The Balaban J connectivity index is 1.28. The number of hydrogen-bond donors (Lipinski definition) is 3. The average Bonchev–Trinajstić information content (AvgIpc) is 3.47. The number of aromatic nitrogens is 1. The minimum atomic E-state index is -0.916. The molecule has 1 atom stereocenters. The van der Waals surface area contributed by atoms with Gasteiger partial charge in [-0.2, -0.15) is 0 Å². The summed E-state index contributed by atoms with van der Waals surface area (Å²) in [6.07, 6.45) is 0.278. The van der Waals surface area contributed by atoms with Gasteiger partial charge in [-0.3, -0.25) is 9.59 Å². The van der Waals surface area contributed by atoms with E-state index in [-0.39, 0.29) is 37.2 Å². The van der Waals surface area contributed by atoms with Crippen molar-refractivity contribution in [3.8, 4) is 11.1 Å². The third-order valence-corrected chi connectivity index (χ3v) is 6.08. The van der Waals surface area contributed by atoms with Gasteiger partial charge in [0.1, 0.15) is 6.61 Å². The number of nitrogens with one attached hydrogen (secondary N) is 2. The standard InChI is InChI=1S/C26H27N3O6/c1-2-16(11-12-24(30)31)28-25(32)23-13-17(35-29-23)14-27-26(33)34-15-22-20-9-5-3-7-18(20)19-8-4-6-10-21(19)22/h3-10,13,16,22H,2,11-12,14-15H2,1H3,(H,27,33)(H,28,32)(H,30,31). The molecule has 182 valence electrons. The van der Waals surface area contributed by atoms with Gasteiger partial charge in [-0.05, 0) is 35.1 Å². The molecule has 1 unspecified atom stereocenters. The summed E-state index contributed by atoms with van der Waals surface area (Å²) in [7, 11) is 0. The predicted molar refractivity (Wildman–Crippen MR) is 127 cm³/mol. The van der Waals surface area contributed by atoms with Gasteiger partial charge >= 0.3 is 12.1 Å². The third-order valence-electron chi connectivity index (χ3n) is 6.08. The van der Waals surface area contributed by atoms with Crippen LogP contribution in [-0.4, -0.2) is 40.9 Å². The zero-order chi connectivity index (χ0) is 24.8. The van der Waals surface area contributed by atoms with Gasteiger partial charge in [0.25, 0.3) is 5.91 Å². The number of carbonyl (C=O) groups is 3. The van der Waals surface area contributed by atoms with E-state index in [1.165, 1.54) is 6.07 Å². The molecule has 0 saturated carbocycles. The SMILES string of the molecule is CCC(CCC(=O)O)NC(=O)c1cc(CNC(=O)OCC2c3ccccc3-c3ccccc32)on1. The summed E-state index contributed by atoms with van der Waals surface area (Å²) in [6.45, 7) is 2.06. The van der Waals surface area contributed by atoms with Gasteiger partial charge in [0, 0.05) is 24.4 Å². The summed E-state index contributed by atoms with van der Waals surface area (Å²) in [5, 5.41) is 17.9. The number of carboxylic acids is 1. The lowest BCUT2D eigenvalue weighted by Gasteiger charge is -2.14. The number of ether oxygens (including phenoxy) is 1. The van der Waals surface area contributed by atoms with Gasteiger partial charge in [-0.1, -0.05) is 60.6 Å². The summed E-state index contributed by atoms with van der Waals surface area (Å²) in [5.41, 5.74) is 4.61. The maximum Gasteiger partial charge on any atom is 0.407 e. The maximum atomic E-state index is 12.4. The Kier molecular flexibility index (Phi) is 7.45. The smallest absolute Gasteiger partial charge is 0.407 e. The van der Waals surface area contributed by atoms with Crippen LogP contribution in [0.1, 0.15) is 59.5 Å². The van der Waals surface area contributed by atoms with Crippen molar-refractivity contribution in [3.05, 3.63) is 77.2 Å². The van der Waals surface area contributed by atoms with Crippen molar-refractivity contribution >= 4 is 18.0 Å². The summed E-state index contributed by atoms with van der Waals surface area (Å²) in [4.78, 5) is 35.4. The molecule has 2 aromatic carbocycles. The highest BCUT2D eigenvalue weighted by Gasteiger charge is 2.29. The molecule has 2 amide bonds. The van der Waals surface area contributed by atoms with Gasteiger partial charge < -0.3 is 25.0 Å². The summed E-state index contributed by atoms with van der Waals surface area (Å²) in [6, 6.07) is 17.3. The van der Waals surface area contributed by atoms with Gasteiger partial charge in [0.15, 0.2) is 11.5 Å². The first-order valence-corrected chi connectivity index (χ1v) is 11.5. The van der Waals surface area contributed by atoms with E-state index < -0.39 is 18.0 Å². The molecule has 3 aromatic rings. The van der Waals surface area contributed by atoms with Crippen molar-refractivity contribution in [2.45, 2.75) is 44.7 Å². The summed E-state index contributed by atoms with van der Waals surface area (Å²) >= 11 is 0. The van der Waals surface area contributed by atoms with E-state index in [1.54, 1.807) is 0 Å². The molecule has 0 spiro atoms. The Morgan fingerprint density at radius 2 is 1.74 bits per heavy atom. The molecule has 3 N–H and O–H groups in total. The number of aliphatic carboxylic acids is 1. The van der Waals surface area contributed by atoms with E-state index in [2.05, 4.69) is 27.9 Å². The van der Waals surface area contributed by atoms with E-state index in [0.29, 0.717) is 18.6 Å². The van der Waals surface area contributed by atoms with Gasteiger partial charge in [0.2, 0.25) is 0 Å². The highest BCUT2D eigenvalue weighted by atomic mass is 16.5. The van der Waals surface area contributed by atoms with Crippen LogP contribution in [-0.2, 0) is 16.1 Å². The first-order chi connectivity index (χ1) is 17.0. The molecule has 4 rings (SSSR count). The lowest BCUT2D eigenvalue weighted by Crippen LogP contribution is -2.35. The first kappa shape index (κ1) is 24.0. The fraction of sp³-hybridized carbons (Fsp3) is 0.308. The van der Waals surface area contributed by atoms with Crippen molar-refractivity contribution in [3.63, 3.8) is 0 Å². The first-order valence-electron chi connectivity index (χ1n) is 11.5. The van der Waals surface area contributed by atoms with Crippen LogP contribution in [0, 0.1) is 0 Å². The van der Waals surface area contributed by atoms with E-state index in [4.69, 9.17) is 14.4 Å². The molecule has 1 heterocycles. The fourth-order valence-corrected chi connectivity index (χ4v) is 4.25. The topological polar surface area (TPSA) is 131 Å². The second-order valence-corrected chi connectivity index (χ2v) is 8.37. The third kappa shape index (κ3) is 5.68. The Bertz CT molecular complexity index is 1180. The average molecular weight is 478 g/mol. The Morgan fingerprint density at radius 3 is 2.37 bits per heavy atom. The Morgan fingerprint density at radius 1 is 1.09 bits per heavy atom. The van der Waals surface area contributed by atoms with Crippen molar-refractivity contribution < 1.29 is 28.8 Å². The monoisotopic (exact) mass is 477 g/mol. The molecule has 9 heteroatoms. The molecular formula is C26H27N3O6. The zero-order valence-electron chi connectivity index (χ0n) is 19.3. The van der Waals surface area contributed by atoms with E-state index in [9.17, 15) is 14.4 Å². The van der Waals surface area contributed by atoms with Crippen molar-refractivity contribution in [1.29, 1.82) is 0 Å². The highest BCUT2D eigenvalue weighted by Crippen LogP contribution is 2.44. The normalized spacial score (nSPS) is 12.9. The Labute approximate surface area is 202 Å². The van der Waals surface area contributed by atoms with E-state index >= 15 is 0 Å². The number of nitrogens with zero attached hydrogens (tertiary/aromatic N) is 1. The van der Waals surface area contributed by atoms with Crippen LogP contribution in [0.25, 0.3) is 11.1 Å². The van der Waals surface area contributed by atoms with E-state index in [1.807, 2.05) is 43.3 Å². The number of rotatable bonds is 10. The van der Waals surface area contributed by atoms with Crippen LogP contribution >= 0.6 is 0 Å². The van der Waals surface area contributed by atoms with Crippen molar-refractivity contribution in [2.75, 3.05) is 6.61 Å². The number of carbonyl (C=O) groups excluding carboxylic acids is 2. The number of hydrogen-bond acceptors (Lipinski definition) is 6. The van der Waals surface area contributed by atoms with Crippen LogP contribution in [0.4, 0.5) is 4.79 Å². The van der Waals surface area contributed by atoms with Crippen LogP contribution < -0.4 is 10.6 Å². The zero-order valence-corrected chi connectivity index (χ0v) is 19.3. The van der Waals surface area contributed by atoms with Gasteiger partial charge in [-0.25, -0.2) is 4.79 Å². The minimum absolute atomic E-state index is 0.00712. The lowest BCUT2D eigenvalue weighted by atomic mass is 9.98. The number of benzene rings is 2. The predicted octanol–water partition coefficient (Wildman–Crippen LogP) is 4.09. The molecule has 1 aliphatic rings. The van der Waals surface area contributed by atoms with Gasteiger partial charge in [-0.15, -0.1) is 0 Å². The molecule has 0 aliphatic heterocycles. The minimum Gasteiger partial charge on any atom is -0.481 e. The highest BCUT2D eigenvalue weighted by molar-refractivity contribution is 5.92. The van der Waals surface area contributed by atoms with Crippen LogP contribution in [0.2, 0.25) is 0 Å². The summed E-state index contributed by atoms with van der Waals surface area (Å²) in [5.74, 6) is -1.12. The number of fused-ring (bicyclic) bond motifs is 3. The Hall–Kier alpha value is -4.14. The lowest BCUT2D eigenvalue weighted by molar-refractivity contribution is -0.137. The molecule has 0 bridgehead atoms. The van der Waals surface area contributed by atoms with E-state index in [0.717, 1.165) is 22.3 Å². The fourth-order valence-electron chi connectivity index (χ4n) is 4.25. The molecule has 0 fully saturated rings. The second kappa shape index (κ2) is 10.9. The largest absolute Gasteiger partial charge is 0.481 e. The second-order valence-electron chi connectivity index (χ2n) is 8.37. The molecule has 1 aliphatic carbocycles. The molecule has 1 aromatic heterocycles. The molecule has 9 nitrogen and oxygen atoms in total. The summed E-state index contributed by atoms with van der Waals surface area (Å²) < 4.78 is 10.6. The van der Waals surface area contributed by atoms with Crippen molar-refractivity contribution in [1.82, 2.24) is 15.8 Å². The quantitative estimate of drug-likeness (QED) is 0.401. The van der Waals surface area contributed by atoms with Crippen molar-refractivity contribution in [2.24, 2.45) is 0 Å². The molecular weight excluding hydrogens is 450 g/mol. The van der Waals surface area contributed by atoms with Crippen LogP contribution in [0.3, 0.4) is 0 Å². The van der Waals surface area contributed by atoms with Crippen LogP contribution in [0.5, 0.6) is 0 Å². The maximum absolute atomic E-state index is 12.4. The molecule has 0 saturated heterocycles. The number of alkyl carbamates (subject to hydrolysis) is 1. The molecule has 0 radical (unpaired) electrons. The van der Waals surface area contributed by atoms with Gasteiger partial charge in [0.05, 0.1) is 6.54 Å². The molecule has 35 heavy (non-hydrogen) atoms. The van der Waals surface area contributed by atoms with Crippen LogP contribution in [0.15, 0.2) is 59.1 Å².